The first-order chi connectivity index (χ1) is 9.52. The van der Waals surface area contributed by atoms with Crippen LogP contribution in [0.25, 0.3) is 0 Å². The summed E-state index contributed by atoms with van der Waals surface area (Å²) in [4.78, 5) is 0. The lowest BCUT2D eigenvalue weighted by atomic mass is 9.94. The molecule has 3 rings (SSSR count). The maximum absolute atomic E-state index is 10.5. The number of aliphatic hydroxyl groups is 1. The second-order valence-electron chi connectivity index (χ2n) is 5.73. The van der Waals surface area contributed by atoms with E-state index in [9.17, 15) is 5.11 Å². The van der Waals surface area contributed by atoms with Gasteiger partial charge >= 0.3 is 0 Å². The van der Waals surface area contributed by atoms with Gasteiger partial charge in [0.25, 0.3) is 0 Å². The maximum atomic E-state index is 10.5. The molecule has 7 heteroatoms. The van der Waals surface area contributed by atoms with E-state index in [1.54, 1.807) is 7.11 Å². The predicted molar refractivity (Wildman–Crippen MR) is 66.1 cm³/mol. The molecule has 0 aromatic heterocycles. The number of hydrogen-bond donors (Lipinski definition) is 1. The third-order valence-corrected chi connectivity index (χ3v) is 3.89. The third kappa shape index (κ3) is 2.59. The van der Waals surface area contributed by atoms with Crippen LogP contribution in [0.1, 0.15) is 13.8 Å². The summed E-state index contributed by atoms with van der Waals surface area (Å²) in [7, 11) is 1.55. The van der Waals surface area contributed by atoms with E-state index in [4.69, 9.17) is 28.4 Å². The van der Waals surface area contributed by atoms with Crippen molar-refractivity contribution in [2.75, 3.05) is 26.9 Å². The maximum Gasteiger partial charge on any atom is 0.186 e. The minimum Gasteiger partial charge on any atom is -0.387 e. The van der Waals surface area contributed by atoms with Crippen molar-refractivity contribution in [2.45, 2.75) is 56.4 Å². The van der Waals surface area contributed by atoms with E-state index in [0.717, 1.165) is 0 Å². The number of rotatable bonds is 2. The van der Waals surface area contributed by atoms with Gasteiger partial charge in [-0.2, -0.15) is 0 Å². The highest BCUT2D eigenvalue weighted by atomic mass is 16.8. The largest absolute Gasteiger partial charge is 0.387 e. The van der Waals surface area contributed by atoms with Gasteiger partial charge in [-0.05, 0) is 13.8 Å². The second-order valence-corrected chi connectivity index (χ2v) is 5.73. The van der Waals surface area contributed by atoms with E-state index in [1.807, 2.05) is 13.8 Å². The molecule has 116 valence electrons. The van der Waals surface area contributed by atoms with Gasteiger partial charge in [0.05, 0.1) is 19.8 Å². The molecule has 1 N–H and O–H groups in total. The Hall–Kier alpha value is -0.280. The minimum atomic E-state index is -0.839. The van der Waals surface area contributed by atoms with Crippen LogP contribution < -0.4 is 0 Å². The molecule has 0 bridgehead atoms. The Balaban J connectivity index is 1.75. The highest BCUT2D eigenvalue weighted by molar-refractivity contribution is 4.97. The summed E-state index contributed by atoms with van der Waals surface area (Å²) < 4.78 is 33.7. The van der Waals surface area contributed by atoms with Crippen molar-refractivity contribution in [1.82, 2.24) is 0 Å². The molecule has 3 fully saturated rings. The molecule has 0 saturated carbocycles. The zero-order valence-electron chi connectivity index (χ0n) is 12.0. The standard InChI is InChI=1S/C13H22O7/c1-13(2)18-6-7(20-13)9-8(14)10-11(12(15-3)19-9)17-5-4-16-10/h7-12,14H,4-6H2,1-3H3/t7-,8+,9+,10-,11-,12+/m0/s1. The fourth-order valence-electron chi connectivity index (χ4n) is 2.96. The predicted octanol–water partition coefficient (Wildman–Crippen LogP) is -0.346. The molecule has 0 spiro atoms. The molecule has 0 aromatic rings. The van der Waals surface area contributed by atoms with Crippen LogP contribution in [0.2, 0.25) is 0 Å². The van der Waals surface area contributed by atoms with Crippen LogP contribution in [-0.2, 0) is 28.4 Å². The minimum absolute atomic E-state index is 0.357. The van der Waals surface area contributed by atoms with Crippen molar-refractivity contribution in [3.05, 3.63) is 0 Å². The first-order valence-corrected chi connectivity index (χ1v) is 6.93. The SMILES string of the molecule is CO[C@@H]1O[C@H]([C@@H]2COC(C)(C)O2)[C@@H](O)[C@@H]2OCCO[C@H]12. The molecular formula is C13H22O7. The summed E-state index contributed by atoms with van der Waals surface area (Å²) in [6.07, 6.45) is -3.24. The van der Waals surface area contributed by atoms with Gasteiger partial charge in [0, 0.05) is 7.11 Å². The van der Waals surface area contributed by atoms with Gasteiger partial charge in [-0.1, -0.05) is 0 Å². The molecule has 0 radical (unpaired) electrons. The molecule has 0 aromatic carbocycles. The average molecular weight is 290 g/mol. The molecular weight excluding hydrogens is 268 g/mol. The summed E-state index contributed by atoms with van der Waals surface area (Å²) in [6.45, 7) is 4.95. The Morgan fingerprint density at radius 2 is 1.80 bits per heavy atom. The van der Waals surface area contributed by atoms with Crippen LogP contribution in [0, 0.1) is 0 Å². The molecule has 0 aliphatic carbocycles. The molecule has 3 heterocycles. The molecule has 3 saturated heterocycles. The van der Waals surface area contributed by atoms with E-state index in [0.29, 0.717) is 19.8 Å². The van der Waals surface area contributed by atoms with Crippen LogP contribution in [-0.4, -0.2) is 74.6 Å². The third-order valence-electron chi connectivity index (χ3n) is 3.89. The van der Waals surface area contributed by atoms with Gasteiger partial charge in [0.15, 0.2) is 12.1 Å². The normalized spacial score (nSPS) is 48.0. The first-order valence-electron chi connectivity index (χ1n) is 6.93. The van der Waals surface area contributed by atoms with E-state index < -0.39 is 36.5 Å². The van der Waals surface area contributed by atoms with E-state index in [2.05, 4.69) is 0 Å². The Bertz CT molecular complexity index is 348. The first kappa shape index (κ1) is 14.6. The quantitative estimate of drug-likeness (QED) is 0.745. The second kappa shape index (κ2) is 5.49. The average Bonchev–Trinajstić information content (AvgIpc) is 2.80. The zero-order chi connectivity index (χ0) is 14.3. The fourth-order valence-corrected chi connectivity index (χ4v) is 2.96. The van der Waals surface area contributed by atoms with Crippen LogP contribution in [0.5, 0.6) is 0 Å². The molecule has 0 unspecified atom stereocenters. The van der Waals surface area contributed by atoms with E-state index in [-0.39, 0.29) is 6.10 Å². The van der Waals surface area contributed by atoms with Crippen LogP contribution in [0.4, 0.5) is 0 Å². The summed E-state index contributed by atoms with van der Waals surface area (Å²) >= 11 is 0. The summed E-state index contributed by atoms with van der Waals surface area (Å²) in [6, 6.07) is 0. The van der Waals surface area contributed by atoms with Crippen molar-refractivity contribution in [3.63, 3.8) is 0 Å². The van der Waals surface area contributed by atoms with Gasteiger partial charge in [-0.25, -0.2) is 0 Å². The Morgan fingerprint density at radius 1 is 1.10 bits per heavy atom. The lowest BCUT2D eigenvalue weighted by molar-refractivity contribution is -0.338. The number of fused-ring (bicyclic) bond motifs is 1. The van der Waals surface area contributed by atoms with Gasteiger partial charge in [0.1, 0.15) is 30.5 Å². The van der Waals surface area contributed by atoms with Gasteiger partial charge in [-0.15, -0.1) is 0 Å². The Kier molecular flexibility index (Phi) is 4.02. The van der Waals surface area contributed by atoms with Crippen LogP contribution in [0.15, 0.2) is 0 Å². The Morgan fingerprint density at radius 3 is 2.40 bits per heavy atom. The van der Waals surface area contributed by atoms with Gasteiger partial charge in [-0.3, -0.25) is 0 Å². The van der Waals surface area contributed by atoms with Crippen LogP contribution in [0.3, 0.4) is 0 Å². The fraction of sp³-hybridized carbons (Fsp3) is 1.00. The van der Waals surface area contributed by atoms with Gasteiger partial charge in [0.2, 0.25) is 0 Å². The number of aliphatic hydroxyl groups excluding tert-OH is 1. The molecule has 7 nitrogen and oxygen atoms in total. The lowest BCUT2D eigenvalue weighted by Gasteiger charge is -2.46. The molecule has 0 amide bonds. The lowest BCUT2D eigenvalue weighted by Crippen LogP contribution is -2.64. The van der Waals surface area contributed by atoms with Crippen molar-refractivity contribution in [2.24, 2.45) is 0 Å². The number of methoxy groups -OCH3 is 1. The molecule has 6 atom stereocenters. The summed E-state index contributed by atoms with van der Waals surface area (Å²) in [5.41, 5.74) is 0. The summed E-state index contributed by atoms with van der Waals surface area (Å²) in [5, 5.41) is 10.5. The molecule has 3 aliphatic heterocycles. The molecule has 3 aliphatic rings. The number of ether oxygens (including phenoxy) is 6. The Labute approximate surface area is 118 Å². The summed E-state index contributed by atoms with van der Waals surface area (Å²) in [5.74, 6) is -0.670. The monoisotopic (exact) mass is 290 g/mol. The number of hydrogen-bond acceptors (Lipinski definition) is 7. The van der Waals surface area contributed by atoms with Crippen molar-refractivity contribution in [1.29, 1.82) is 0 Å². The van der Waals surface area contributed by atoms with Crippen molar-refractivity contribution in [3.8, 4) is 0 Å². The van der Waals surface area contributed by atoms with Crippen molar-refractivity contribution >= 4 is 0 Å². The highest BCUT2D eigenvalue weighted by Crippen LogP contribution is 2.34. The van der Waals surface area contributed by atoms with E-state index in [1.165, 1.54) is 0 Å². The molecule has 20 heavy (non-hydrogen) atoms. The smallest absolute Gasteiger partial charge is 0.186 e. The zero-order valence-corrected chi connectivity index (χ0v) is 12.0. The van der Waals surface area contributed by atoms with Crippen LogP contribution >= 0.6 is 0 Å². The topological polar surface area (TPSA) is 75.6 Å². The van der Waals surface area contributed by atoms with Crippen molar-refractivity contribution < 1.29 is 33.5 Å². The highest BCUT2D eigenvalue weighted by Gasteiger charge is 2.53. The van der Waals surface area contributed by atoms with E-state index >= 15 is 0 Å². The van der Waals surface area contributed by atoms with Gasteiger partial charge < -0.3 is 33.5 Å².